The van der Waals surface area contributed by atoms with Gasteiger partial charge in [0.15, 0.2) is 0 Å². The van der Waals surface area contributed by atoms with Crippen molar-refractivity contribution in [2.24, 2.45) is 7.05 Å². The number of aromatic nitrogens is 2. The number of aliphatic hydroxyl groups excluding tert-OH is 1. The summed E-state index contributed by atoms with van der Waals surface area (Å²) in [7, 11) is 1.85. The predicted molar refractivity (Wildman–Crippen MR) is 90.2 cm³/mol. The summed E-state index contributed by atoms with van der Waals surface area (Å²) in [5.74, 6) is 0.324. The van der Waals surface area contributed by atoms with Gasteiger partial charge < -0.3 is 10.4 Å². The smallest absolute Gasteiger partial charge is 0.131 e. The highest BCUT2D eigenvalue weighted by Crippen LogP contribution is 2.24. The second kappa shape index (κ2) is 7.77. The van der Waals surface area contributed by atoms with Crippen molar-refractivity contribution in [2.45, 2.75) is 38.8 Å². The van der Waals surface area contributed by atoms with Gasteiger partial charge in [0, 0.05) is 25.7 Å². The van der Waals surface area contributed by atoms with E-state index in [1.807, 2.05) is 37.4 Å². The summed E-state index contributed by atoms with van der Waals surface area (Å²) in [4.78, 5) is 0. The first-order valence-corrected chi connectivity index (χ1v) is 8.00. The first-order chi connectivity index (χ1) is 10.5. The van der Waals surface area contributed by atoms with Gasteiger partial charge in [0.25, 0.3) is 0 Å². The van der Waals surface area contributed by atoms with Gasteiger partial charge in [0.05, 0.1) is 11.8 Å². The van der Waals surface area contributed by atoms with E-state index in [1.165, 1.54) is 0 Å². The van der Waals surface area contributed by atoms with Crippen molar-refractivity contribution in [1.29, 1.82) is 0 Å². The van der Waals surface area contributed by atoms with Crippen molar-refractivity contribution in [3.8, 4) is 0 Å². The Labute approximate surface area is 137 Å². The predicted octanol–water partition coefficient (Wildman–Crippen LogP) is 2.89. The molecule has 2 N–H and O–H groups in total. The molecule has 0 fully saturated rings. The Morgan fingerprint density at radius 3 is 2.59 bits per heavy atom. The molecule has 4 nitrogen and oxygen atoms in total. The van der Waals surface area contributed by atoms with E-state index in [2.05, 4.69) is 24.3 Å². The Morgan fingerprint density at radius 1 is 1.27 bits per heavy atom. The van der Waals surface area contributed by atoms with Crippen LogP contribution < -0.4 is 5.32 Å². The monoisotopic (exact) mass is 321 g/mol. The van der Waals surface area contributed by atoms with Crippen molar-refractivity contribution in [3.05, 3.63) is 52.3 Å². The molecular weight excluding hydrogens is 298 g/mol. The molecule has 120 valence electrons. The fourth-order valence-electron chi connectivity index (χ4n) is 2.52. The Bertz CT molecular complexity index is 595. The fraction of sp³-hybridized carbons (Fsp3) is 0.471. The maximum atomic E-state index is 10.1. The molecule has 1 atom stereocenters. The zero-order valence-corrected chi connectivity index (χ0v) is 14.1. The van der Waals surface area contributed by atoms with Gasteiger partial charge in [-0.25, -0.2) is 0 Å². The minimum absolute atomic E-state index is 0.324. The number of aliphatic hydroxyl groups is 1. The number of aryl methyl sites for hydroxylation is 1. The van der Waals surface area contributed by atoms with E-state index in [9.17, 15) is 5.11 Å². The molecule has 0 saturated heterocycles. The maximum Gasteiger partial charge on any atom is 0.131 e. The van der Waals surface area contributed by atoms with E-state index in [0.29, 0.717) is 30.6 Å². The summed E-state index contributed by atoms with van der Waals surface area (Å²) < 4.78 is 1.70. The Balaban J connectivity index is 1.88. The molecule has 0 radical (unpaired) electrons. The third-order valence-electron chi connectivity index (χ3n) is 3.64. The molecule has 1 heterocycles. The van der Waals surface area contributed by atoms with E-state index in [4.69, 9.17) is 11.6 Å². The molecule has 0 spiro atoms. The first kappa shape index (κ1) is 17.0. The van der Waals surface area contributed by atoms with Gasteiger partial charge >= 0.3 is 0 Å². The minimum atomic E-state index is -0.416. The van der Waals surface area contributed by atoms with Crippen LogP contribution in [-0.4, -0.2) is 27.5 Å². The summed E-state index contributed by atoms with van der Waals surface area (Å²) >= 11 is 6.30. The number of hydrogen-bond donors (Lipinski definition) is 2. The van der Waals surface area contributed by atoms with Crippen molar-refractivity contribution >= 4 is 11.6 Å². The number of hydrogen-bond acceptors (Lipinski definition) is 3. The molecule has 1 aromatic heterocycles. The van der Waals surface area contributed by atoms with Crippen molar-refractivity contribution < 1.29 is 5.11 Å². The van der Waals surface area contributed by atoms with Crippen LogP contribution in [-0.2, 0) is 20.0 Å². The Morgan fingerprint density at radius 2 is 1.95 bits per heavy atom. The van der Waals surface area contributed by atoms with Crippen LogP contribution in [0.4, 0.5) is 0 Å². The first-order valence-electron chi connectivity index (χ1n) is 7.63. The lowest BCUT2D eigenvalue weighted by atomic mass is 10.1. The average Bonchev–Trinajstić information content (AvgIpc) is 2.77. The lowest BCUT2D eigenvalue weighted by Crippen LogP contribution is -2.28. The highest BCUT2D eigenvalue weighted by molar-refractivity contribution is 6.30. The molecule has 2 rings (SSSR count). The van der Waals surface area contributed by atoms with E-state index >= 15 is 0 Å². The Hall–Kier alpha value is -1.36. The van der Waals surface area contributed by atoms with Crippen LogP contribution in [0.3, 0.4) is 0 Å². The summed E-state index contributed by atoms with van der Waals surface area (Å²) in [6.45, 7) is 5.35. The maximum absolute atomic E-state index is 10.1. The third kappa shape index (κ3) is 4.32. The van der Waals surface area contributed by atoms with Crippen LogP contribution in [0, 0.1) is 0 Å². The summed E-state index contributed by atoms with van der Waals surface area (Å²) in [6, 6.07) is 10.0. The van der Waals surface area contributed by atoms with Gasteiger partial charge in [0.2, 0.25) is 0 Å². The topological polar surface area (TPSA) is 50.1 Å². The molecule has 22 heavy (non-hydrogen) atoms. The zero-order chi connectivity index (χ0) is 16.1. The Kier molecular flexibility index (Phi) is 6.00. The largest absolute Gasteiger partial charge is 0.391 e. The van der Waals surface area contributed by atoms with Crippen LogP contribution in [0.15, 0.2) is 30.3 Å². The van der Waals surface area contributed by atoms with Crippen LogP contribution in [0.25, 0.3) is 0 Å². The molecule has 1 unspecified atom stereocenters. The molecule has 0 aliphatic carbocycles. The number of rotatable bonds is 7. The number of benzene rings is 1. The fourth-order valence-corrected chi connectivity index (χ4v) is 2.72. The van der Waals surface area contributed by atoms with E-state index < -0.39 is 6.10 Å². The highest BCUT2D eigenvalue weighted by Gasteiger charge is 2.17. The highest BCUT2D eigenvalue weighted by atomic mass is 35.5. The number of nitrogens with one attached hydrogen (secondary N) is 1. The SMILES string of the molecule is CC(C)c1nn(C)c(Cl)c1CNCC(O)Cc1ccccc1. The summed E-state index contributed by atoms with van der Waals surface area (Å²) in [5, 5.41) is 18.5. The van der Waals surface area contributed by atoms with Crippen LogP contribution in [0.2, 0.25) is 5.15 Å². The summed E-state index contributed by atoms with van der Waals surface area (Å²) in [6.07, 6.45) is 0.228. The molecule has 0 bridgehead atoms. The summed E-state index contributed by atoms with van der Waals surface area (Å²) in [5.41, 5.74) is 3.17. The van der Waals surface area contributed by atoms with Gasteiger partial charge in [-0.3, -0.25) is 4.68 Å². The van der Waals surface area contributed by atoms with Crippen molar-refractivity contribution in [2.75, 3.05) is 6.54 Å². The van der Waals surface area contributed by atoms with E-state index in [-0.39, 0.29) is 0 Å². The second-order valence-electron chi connectivity index (χ2n) is 5.91. The molecule has 0 aliphatic rings. The minimum Gasteiger partial charge on any atom is -0.391 e. The normalized spacial score (nSPS) is 12.8. The molecular formula is C17H24ClN3O. The van der Waals surface area contributed by atoms with Crippen molar-refractivity contribution in [1.82, 2.24) is 15.1 Å². The van der Waals surface area contributed by atoms with Crippen molar-refractivity contribution in [3.63, 3.8) is 0 Å². The van der Waals surface area contributed by atoms with Gasteiger partial charge in [-0.1, -0.05) is 55.8 Å². The van der Waals surface area contributed by atoms with Gasteiger partial charge in [0.1, 0.15) is 5.15 Å². The number of halogens is 1. The zero-order valence-electron chi connectivity index (χ0n) is 13.4. The van der Waals surface area contributed by atoms with Gasteiger partial charge in [-0.05, 0) is 17.9 Å². The van der Waals surface area contributed by atoms with Crippen LogP contribution in [0.5, 0.6) is 0 Å². The molecule has 0 aliphatic heterocycles. The second-order valence-corrected chi connectivity index (χ2v) is 6.27. The van der Waals surface area contributed by atoms with Gasteiger partial charge in [-0.2, -0.15) is 5.10 Å². The molecule has 5 heteroatoms. The lowest BCUT2D eigenvalue weighted by Gasteiger charge is -2.13. The third-order valence-corrected chi connectivity index (χ3v) is 4.12. The van der Waals surface area contributed by atoms with Crippen LogP contribution >= 0.6 is 11.6 Å². The van der Waals surface area contributed by atoms with Crippen LogP contribution in [0.1, 0.15) is 36.6 Å². The van der Waals surface area contributed by atoms with E-state index in [0.717, 1.165) is 16.8 Å². The molecule has 1 aromatic carbocycles. The average molecular weight is 322 g/mol. The van der Waals surface area contributed by atoms with E-state index in [1.54, 1.807) is 4.68 Å². The number of nitrogens with zero attached hydrogens (tertiary/aromatic N) is 2. The molecule has 2 aromatic rings. The molecule has 0 amide bonds. The quantitative estimate of drug-likeness (QED) is 0.824. The molecule has 0 saturated carbocycles. The lowest BCUT2D eigenvalue weighted by molar-refractivity contribution is 0.171. The van der Waals surface area contributed by atoms with Gasteiger partial charge in [-0.15, -0.1) is 0 Å². The standard InChI is InChI=1S/C17H24ClN3O/c1-12(2)16-15(17(18)21(3)20-16)11-19-10-14(22)9-13-7-5-4-6-8-13/h4-8,12,14,19,22H,9-11H2,1-3H3.